The Morgan fingerprint density at radius 1 is 1.04 bits per heavy atom. The van der Waals surface area contributed by atoms with Gasteiger partial charge in [0.15, 0.2) is 0 Å². The Balaban J connectivity index is 1.48. The van der Waals surface area contributed by atoms with Crippen LogP contribution in [0.1, 0.15) is 11.1 Å². The molecule has 126 valence electrons. The third-order valence-electron chi connectivity index (χ3n) is 3.89. The highest BCUT2D eigenvalue weighted by Gasteiger charge is 2.12. The van der Waals surface area contributed by atoms with Crippen LogP contribution in [0.3, 0.4) is 0 Å². The minimum Gasteiger partial charge on any atom is -0.378 e. The van der Waals surface area contributed by atoms with Crippen LogP contribution in [-0.2, 0) is 17.8 Å². The largest absolute Gasteiger partial charge is 0.378 e. The first-order valence-corrected chi connectivity index (χ1v) is 8.14. The van der Waals surface area contributed by atoms with Gasteiger partial charge in [0.2, 0.25) is 0 Å². The van der Waals surface area contributed by atoms with Crippen LogP contribution in [-0.4, -0.2) is 37.3 Å². The summed E-state index contributed by atoms with van der Waals surface area (Å²) in [6.07, 6.45) is 1.78. The lowest BCUT2D eigenvalue weighted by Gasteiger charge is -2.28. The van der Waals surface area contributed by atoms with Crippen molar-refractivity contribution >= 4 is 11.8 Å². The van der Waals surface area contributed by atoms with Crippen molar-refractivity contribution in [1.29, 1.82) is 0 Å². The van der Waals surface area contributed by atoms with Crippen molar-refractivity contribution in [2.75, 3.05) is 31.2 Å². The number of carbonyl (C=O) groups excluding carboxylic acids is 1. The van der Waals surface area contributed by atoms with Crippen molar-refractivity contribution in [3.8, 4) is 0 Å². The van der Waals surface area contributed by atoms with Gasteiger partial charge in [-0.3, -0.25) is 0 Å². The molecule has 0 radical (unpaired) electrons. The van der Waals surface area contributed by atoms with Gasteiger partial charge in [0.05, 0.1) is 13.2 Å². The molecule has 1 aliphatic rings. The molecule has 0 unspecified atom stereocenters. The number of amides is 2. The minimum absolute atomic E-state index is 0.177. The van der Waals surface area contributed by atoms with E-state index in [1.165, 1.54) is 0 Å². The lowest BCUT2D eigenvalue weighted by atomic mass is 10.2. The maximum Gasteiger partial charge on any atom is 0.315 e. The molecule has 1 aromatic carbocycles. The zero-order chi connectivity index (χ0) is 16.6. The van der Waals surface area contributed by atoms with Crippen LogP contribution < -0.4 is 15.5 Å². The number of hydrogen-bond donors (Lipinski definition) is 2. The van der Waals surface area contributed by atoms with Gasteiger partial charge in [-0.15, -0.1) is 0 Å². The number of rotatable bonds is 5. The predicted molar refractivity (Wildman–Crippen MR) is 92.8 cm³/mol. The fourth-order valence-corrected chi connectivity index (χ4v) is 2.56. The topological polar surface area (TPSA) is 66.5 Å². The number of urea groups is 1. The van der Waals surface area contributed by atoms with Gasteiger partial charge in [-0.25, -0.2) is 9.78 Å². The molecule has 0 bridgehead atoms. The molecular weight excluding hydrogens is 304 g/mol. The molecule has 2 aromatic rings. The number of nitrogens with one attached hydrogen (secondary N) is 2. The molecule has 6 heteroatoms. The molecule has 2 heterocycles. The van der Waals surface area contributed by atoms with Gasteiger partial charge in [0.25, 0.3) is 0 Å². The summed E-state index contributed by atoms with van der Waals surface area (Å²) in [6, 6.07) is 13.6. The predicted octanol–water partition coefficient (Wildman–Crippen LogP) is 1.92. The van der Waals surface area contributed by atoms with Crippen LogP contribution in [0.4, 0.5) is 10.6 Å². The summed E-state index contributed by atoms with van der Waals surface area (Å²) >= 11 is 0. The molecular formula is C18H22N4O2. The second kappa shape index (κ2) is 8.31. The summed E-state index contributed by atoms with van der Waals surface area (Å²) in [5.74, 6) is 0.933. The van der Waals surface area contributed by atoms with Crippen molar-refractivity contribution in [1.82, 2.24) is 15.6 Å². The Morgan fingerprint density at radius 3 is 2.50 bits per heavy atom. The van der Waals surface area contributed by atoms with Crippen molar-refractivity contribution in [3.05, 3.63) is 59.8 Å². The van der Waals surface area contributed by atoms with Gasteiger partial charge in [0.1, 0.15) is 5.82 Å². The molecule has 6 nitrogen and oxygen atoms in total. The SMILES string of the molecule is O=C(NCc1ccccc1)NCc1ccnc(N2CCOCC2)c1. The number of carbonyl (C=O) groups is 1. The number of benzene rings is 1. The highest BCUT2D eigenvalue weighted by atomic mass is 16.5. The van der Waals surface area contributed by atoms with Gasteiger partial charge in [-0.1, -0.05) is 30.3 Å². The van der Waals surface area contributed by atoms with E-state index in [1.807, 2.05) is 42.5 Å². The minimum atomic E-state index is -0.177. The Morgan fingerprint density at radius 2 is 1.75 bits per heavy atom. The molecule has 1 aliphatic heterocycles. The van der Waals surface area contributed by atoms with E-state index in [9.17, 15) is 4.79 Å². The second-order valence-electron chi connectivity index (χ2n) is 5.64. The van der Waals surface area contributed by atoms with Crippen LogP contribution in [0.2, 0.25) is 0 Å². The zero-order valence-electron chi connectivity index (χ0n) is 13.6. The fourth-order valence-electron chi connectivity index (χ4n) is 2.56. The standard InChI is InChI=1S/C18H22N4O2/c23-18(20-13-15-4-2-1-3-5-15)21-14-16-6-7-19-17(12-16)22-8-10-24-11-9-22/h1-7,12H,8-11,13-14H2,(H2,20,21,23). The van der Waals surface area contributed by atoms with E-state index in [0.717, 1.165) is 43.2 Å². The summed E-state index contributed by atoms with van der Waals surface area (Å²) in [5.41, 5.74) is 2.10. The van der Waals surface area contributed by atoms with Gasteiger partial charge in [-0.2, -0.15) is 0 Å². The molecule has 3 rings (SSSR count). The number of hydrogen-bond acceptors (Lipinski definition) is 4. The van der Waals surface area contributed by atoms with Crippen LogP contribution in [0.15, 0.2) is 48.7 Å². The molecule has 0 saturated carbocycles. The average Bonchev–Trinajstić information content (AvgIpc) is 2.66. The zero-order valence-corrected chi connectivity index (χ0v) is 13.6. The quantitative estimate of drug-likeness (QED) is 0.881. The van der Waals surface area contributed by atoms with E-state index in [1.54, 1.807) is 6.20 Å². The molecule has 2 amide bonds. The normalized spacial score (nSPS) is 14.2. The second-order valence-corrected chi connectivity index (χ2v) is 5.64. The van der Waals surface area contributed by atoms with E-state index in [-0.39, 0.29) is 6.03 Å². The summed E-state index contributed by atoms with van der Waals surface area (Å²) in [6.45, 7) is 4.14. The molecule has 0 aliphatic carbocycles. The highest BCUT2D eigenvalue weighted by molar-refractivity contribution is 5.73. The van der Waals surface area contributed by atoms with Crippen molar-refractivity contribution < 1.29 is 9.53 Å². The number of pyridine rings is 1. The summed E-state index contributed by atoms with van der Waals surface area (Å²) in [4.78, 5) is 18.5. The first-order valence-electron chi connectivity index (χ1n) is 8.14. The van der Waals surface area contributed by atoms with E-state index in [2.05, 4.69) is 20.5 Å². The maximum absolute atomic E-state index is 11.9. The maximum atomic E-state index is 11.9. The monoisotopic (exact) mass is 326 g/mol. The third-order valence-corrected chi connectivity index (χ3v) is 3.89. The molecule has 1 fully saturated rings. The Hall–Kier alpha value is -2.60. The van der Waals surface area contributed by atoms with Crippen molar-refractivity contribution in [3.63, 3.8) is 0 Å². The molecule has 24 heavy (non-hydrogen) atoms. The van der Waals surface area contributed by atoms with Crippen LogP contribution in [0.25, 0.3) is 0 Å². The van der Waals surface area contributed by atoms with E-state index < -0.39 is 0 Å². The van der Waals surface area contributed by atoms with Gasteiger partial charge in [-0.05, 0) is 23.3 Å². The third kappa shape index (κ3) is 4.70. The van der Waals surface area contributed by atoms with Gasteiger partial charge in [0, 0.05) is 32.4 Å². The van der Waals surface area contributed by atoms with Crippen LogP contribution in [0, 0.1) is 0 Å². The summed E-state index contributed by atoms with van der Waals surface area (Å²) < 4.78 is 5.36. The molecule has 1 saturated heterocycles. The first-order chi connectivity index (χ1) is 11.8. The number of anilines is 1. The molecule has 0 atom stereocenters. The Kier molecular flexibility index (Phi) is 5.63. The van der Waals surface area contributed by atoms with Gasteiger partial charge >= 0.3 is 6.03 Å². The van der Waals surface area contributed by atoms with Crippen LogP contribution in [0.5, 0.6) is 0 Å². The molecule has 0 spiro atoms. The van der Waals surface area contributed by atoms with E-state index in [0.29, 0.717) is 13.1 Å². The molecule has 2 N–H and O–H groups in total. The average molecular weight is 326 g/mol. The molecule has 1 aromatic heterocycles. The van der Waals surface area contributed by atoms with E-state index in [4.69, 9.17) is 4.74 Å². The summed E-state index contributed by atoms with van der Waals surface area (Å²) in [7, 11) is 0. The van der Waals surface area contributed by atoms with Crippen molar-refractivity contribution in [2.24, 2.45) is 0 Å². The van der Waals surface area contributed by atoms with Crippen LogP contribution >= 0.6 is 0 Å². The lowest BCUT2D eigenvalue weighted by Crippen LogP contribution is -2.37. The highest BCUT2D eigenvalue weighted by Crippen LogP contribution is 2.14. The van der Waals surface area contributed by atoms with E-state index >= 15 is 0 Å². The number of morpholine rings is 1. The fraction of sp³-hybridized carbons (Fsp3) is 0.333. The Labute approximate surface area is 141 Å². The number of nitrogens with zero attached hydrogens (tertiary/aromatic N) is 2. The first kappa shape index (κ1) is 16.3. The Bertz CT molecular complexity index is 657. The van der Waals surface area contributed by atoms with Gasteiger partial charge < -0.3 is 20.3 Å². The number of ether oxygens (including phenoxy) is 1. The number of aromatic nitrogens is 1. The smallest absolute Gasteiger partial charge is 0.315 e. The summed E-state index contributed by atoms with van der Waals surface area (Å²) in [5, 5.41) is 5.73. The lowest BCUT2D eigenvalue weighted by molar-refractivity contribution is 0.122. The van der Waals surface area contributed by atoms with Crippen molar-refractivity contribution in [2.45, 2.75) is 13.1 Å².